The predicted octanol–water partition coefficient (Wildman–Crippen LogP) is 11.9. The molecule has 0 saturated carbocycles. The van der Waals surface area contributed by atoms with E-state index in [9.17, 15) is 29.3 Å². The SMILES string of the molecule is CC/C=C\C/C=C\C/C=C\C/C=C\C[C@H](O)[C@@H](O)CCCC(=O)OC[C@H](COP(=O)(O)OCC[N+](C)(C)C)OC(=O)CCCCCCCC/C=C\C/C=C\C/C=C\CCCCCC. The number of carbonyl (C=O) groups is 2. The minimum absolute atomic E-state index is 0.0212. The summed E-state index contributed by atoms with van der Waals surface area (Å²) in [7, 11) is 1.30. The number of unbranched alkanes of at least 4 members (excludes halogenated alkanes) is 10. The fraction of sp³-hybridized carbons (Fsp3) is 0.686. The van der Waals surface area contributed by atoms with Crippen LogP contribution >= 0.6 is 7.82 Å². The van der Waals surface area contributed by atoms with E-state index in [4.69, 9.17) is 18.5 Å². The van der Waals surface area contributed by atoms with Crippen LogP contribution in [0.2, 0.25) is 0 Å². The zero-order valence-corrected chi connectivity index (χ0v) is 40.9. The van der Waals surface area contributed by atoms with Crippen LogP contribution in [0.1, 0.15) is 162 Å². The smallest absolute Gasteiger partial charge is 0.462 e. The highest BCUT2D eigenvalue weighted by Crippen LogP contribution is 2.43. The number of carbonyl (C=O) groups excluding carboxylic acids is 2. The number of ether oxygens (including phenoxy) is 2. The fourth-order valence-corrected chi connectivity index (χ4v) is 6.73. The van der Waals surface area contributed by atoms with Gasteiger partial charge in [-0.2, -0.15) is 0 Å². The van der Waals surface area contributed by atoms with Crippen molar-refractivity contribution in [3.05, 3.63) is 85.1 Å². The van der Waals surface area contributed by atoms with Gasteiger partial charge in [0.05, 0.1) is 40.0 Å². The molecule has 3 N–H and O–H groups in total. The van der Waals surface area contributed by atoms with Crippen molar-refractivity contribution in [3.8, 4) is 0 Å². The van der Waals surface area contributed by atoms with E-state index in [0.29, 0.717) is 17.4 Å². The van der Waals surface area contributed by atoms with Crippen LogP contribution in [0.3, 0.4) is 0 Å². The first-order valence-electron chi connectivity index (χ1n) is 24.0. The van der Waals surface area contributed by atoms with Gasteiger partial charge in [0, 0.05) is 12.8 Å². The Morgan fingerprint density at radius 2 is 1.06 bits per heavy atom. The molecule has 11 nitrogen and oxygen atoms in total. The highest BCUT2D eigenvalue weighted by atomic mass is 31.2. The van der Waals surface area contributed by atoms with E-state index in [-0.39, 0.29) is 45.3 Å². The van der Waals surface area contributed by atoms with Crippen LogP contribution in [0.15, 0.2) is 85.1 Å². The molecule has 0 spiro atoms. The molecule has 0 heterocycles. The zero-order chi connectivity index (χ0) is 46.7. The summed E-state index contributed by atoms with van der Waals surface area (Å²) in [5.41, 5.74) is 0. The molecule has 0 fully saturated rings. The van der Waals surface area contributed by atoms with Gasteiger partial charge in [0.1, 0.15) is 19.8 Å². The van der Waals surface area contributed by atoms with Crippen molar-refractivity contribution in [2.45, 2.75) is 180 Å². The van der Waals surface area contributed by atoms with Crippen LogP contribution in [-0.4, -0.2) is 97.3 Å². The third kappa shape index (κ3) is 44.1. The van der Waals surface area contributed by atoms with E-state index in [1.807, 2.05) is 33.3 Å². The number of phosphoric ester groups is 1. The molecule has 0 rings (SSSR count). The Balaban J connectivity index is 4.57. The molecule has 1 unspecified atom stereocenters. The summed E-state index contributed by atoms with van der Waals surface area (Å²) in [6.07, 6.45) is 46.6. The second-order valence-electron chi connectivity index (χ2n) is 17.1. The number of likely N-dealkylation sites (N-methyl/N-ethyl adjacent to an activating group) is 1. The van der Waals surface area contributed by atoms with Crippen LogP contribution in [0.5, 0.6) is 0 Å². The Bertz CT molecular complexity index is 1380. The molecule has 0 aromatic heterocycles. The van der Waals surface area contributed by atoms with E-state index >= 15 is 0 Å². The van der Waals surface area contributed by atoms with Crippen molar-refractivity contribution in [1.29, 1.82) is 0 Å². The average molecular weight is 907 g/mol. The maximum absolute atomic E-state index is 12.7. The molecule has 4 atom stereocenters. The molecule has 0 aromatic carbocycles. The predicted molar refractivity (Wildman–Crippen MR) is 259 cm³/mol. The quantitative estimate of drug-likeness (QED) is 0.0178. The first-order valence-corrected chi connectivity index (χ1v) is 25.5. The number of nitrogens with zero attached hydrogens (tertiary/aromatic N) is 1. The first-order chi connectivity index (χ1) is 30.3. The van der Waals surface area contributed by atoms with Crippen LogP contribution in [0, 0.1) is 0 Å². The highest BCUT2D eigenvalue weighted by molar-refractivity contribution is 7.47. The summed E-state index contributed by atoms with van der Waals surface area (Å²) in [4.78, 5) is 35.5. The fourth-order valence-electron chi connectivity index (χ4n) is 5.99. The van der Waals surface area contributed by atoms with E-state index in [0.717, 1.165) is 77.0 Å². The molecule has 63 heavy (non-hydrogen) atoms. The lowest BCUT2D eigenvalue weighted by Gasteiger charge is -2.24. The summed E-state index contributed by atoms with van der Waals surface area (Å²) in [6, 6.07) is 0. The third-order valence-electron chi connectivity index (χ3n) is 9.86. The van der Waals surface area contributed by atoms with E-state index in [1.54, 1.807) is 0 Å². The summed E-state index contributed by atoms with van der Waals surface area (Å²) >= 11 is 0. The Morgan fingerprint density at radius 3 is 1.62 bits per heavy atom. The van der Waals surface area contributed by atoms with Crippen molar-refractivity contribution in [2.75, 3.05) is 47.5 Å². The molecule has 362 valence electrons. The summed E-state index contributed by atoms with van der Waals surface area (Å²) < 4.78 is 34.1. The number of allylic oxidation sites excluding steroid dienone is 13. The van der Waals surface area contributed by atoms with Gasteiger partial charge >= 0.3 is 19.8 Å². The maximum atomic E-state index is 12.7. The molecule has 0 bridgehead atoms. The second-order valence-corrected chi connectivity index (χ2v) is 18.5. The largest absolute Gasteiger partial charge is 0.472 e. The lowest BCUT2D eigenvalue weighted by Crippen LogP contribution is -2.37. The van der Waals surface area contributed by atoms with Gasteiger partial charge in [-0.15, -0.1) is 0 Å². The van der Waals surface area contributed by atoms with Crippen LogP contribution < -0.4 is 0 Å². The second kappa shape index (κ2) is 41.8. The molecular weight excluding hydrogens is 818 g/mol. The van der Waals surface area contributed by atoms with Gasteiger partial charge in [-0.1, -0.05) is 144 Å². The van der Waals surface area contributed by atoms with E-state index < -0.39 is 44.7 Å². The van der Waals surface area contributed by atoms with Gasteiger partial charge in [0.15, 0.2) is 6.10 Å². The number of aliphatic hydroxyl groups excluding tert-OH is 2. The lowest BCUT2D eigenvalue weighted by atomic mass is 10.0. The first kappa shape index (κ1) is 60.1. The Kier molecular flexibility index (Phi) is 39.9. The molecular formula is C51H89NO10P+. The Labute approximate surface area is 383 Å². The monoisotopic (exact) mass is 907 g/mol. The maximum Gasteiger partial charge on any atom is 0.472 e. The number of hydrogen-bond donors (Lipinski definition) is 3. The molecule has 0 saturated heterocycles. The van der Waals surface area contributed by atoms with Crippen molar-refractivity contribution < 1.29 is 52.3 Å². The Hall–Kier alpha value is -2.89. The number of hydrogen-bond acceptors (Lipinski definition) is 9. The van der Waals surface area contributed by atoms with Crippen molar-refractivity contribution in [1.82, 2.24) is 0 Å². The normalized spacial score (nSPS) is 15.2. The molecule has 0 aromatic rings. The van der Waals surface area contributed by atoms with Crippen LogP contribution in [0.25, 0.3) is 0 Å². The van der Waals surface area contributed by atoms with Crippen molar-refractivity contribution in [3.63, 3.8) is 0 Å². The highest BCUT2D eigenvalue weighted by Gasteiger charge is 2.27. The number of rotatable bonds is 42. The van der Waals surface area contributed by atoms with Gasteiger partial charge < -0.3 is 29.1 Å². The van der Waals surface area contributed by atoms with Gasteiger partial charge in [0.2, 0.25) is 0 Å². The summed E-state index contributed by atoms with van der Waals surface area (Å²) in [6.45, 7) is 3.92. The van der Waals surface area contributed by atoms with Crippen LogP contribution in [0.4, 0.5) is 0 Å². The number of aliphatic hydroxyl groups is 2. The molecule has 0 aliphatic rings. The van der Waals surface area contributed by atoms with Crippen molar-refractivity contribution in [2.24, 2.45) is 0 Å². The van der Waals surface area contributed by atoms with E-state index in [1.165, 1.54) is 32.1 Å². The molecule has 0 aliphatic heterocycles. The van der Waals surface area contributed by atoms with Crippen LogP contribution in [-0.2, 0) is 32.7 Å². The van der Waals surface area contributed by atoms with Crippen molar-refractivity contribution >= 4 is 19.8 Å². The number of esters is 2. The average Bonchev–Trinajstić information content (AvgIpc) is 3.23. The molecule has 0 aliphatic carbocycles. The minimum Gasteiger partial charge on any atom is -0.462 e. The van der Waals surface area contributed by atoms with Gasteiger partial charge in [-0.3, -0.25) is 18.6 Å². The molecule has 0 radical (unpaired) electrons. The number of quaternary nitrogens is 1. The third-order valence-corrected chi connectivity index (χ3v) is 10.8. The van der Waals surface area contributed by atoms with E-state index in [2.05, 4.69) is 86.8 Å². The van der Waals surface area contributed by atoms with Gasteiger partial charge in [-0.25, -0.2) is 4.57 Å². The lowest BCUT2D eigenvalue weighted by molar-refractivity contribution is -0.870. The zero-order valence-electron chi connectivity index (χ0n) is 40.0. The standard InChI is InChI=1S/C51H88NO10P/c1-6-8-10-12-14-16-18-20-21-22-23-24-25-26-27-29-31-33-35-37-41-51(56)62-47(46-61-63(57,58)60-44-43-52(3,4)5)45-59-50(55)42-38-40-49(54)48(53)39-36-34-32-30-28-19-17-15-13-11-9-7-2/h9,11,15-18,21-22,24-25,28,30,34,36,47-49,53-54H,6-8,10,12-14,19-20,23,26-27,29,31-33,35,37-46H2,1-5H3/p+1/b11-9-,17-15-,18-16-,22-21-,25-24-,30-28-,36-34-/t47-,48+,49+/m1/s1. The minimum atomic E-state index is -4.46. The Morgan fingerprint density at radius 1 is 0.571 bits per heavy atom. The summed E-state index contributed by atoms with van der Waals surface area (Å²) in [5.74, 6) is -1.11. The molecule has 0 amide bonds. The molecule has 12 heteroatoms. The number of phosphoric acid groups is 1. The summed E-state index contributed by atoms with van der Waals surface area (Å²) in [5, 5.41) is 20.8. The van der Waals surface area contributed by atoms with Gasteiger partial charge in [-0.05, 0) is 89.9 Å². The van der Waals surface area contributed by atoms with Gasteiger partial charge in [0.25, 0.3) is 0 Å². The topological polar surface area (TPSA) is 149 Å².